The monoisotopic (exact) mass is 352 g/mol. The van der Waals surface area contributed by atoms with E-state index in [1.54, 1.807) is 24.3 Å². The number of thiophene rings is 1. The highest BCUT2D eigenvalue weighted by atomic mass is 35.5. The van der Waals surface area contributed by atoms with Gasteiger partial charge in [-0.25, -0.2) is 4.79 Å². The molecule has 0 atom stereocenters. The molecule has 1 aromatic heterocycles. The van der Waals surface area contributed by atoms with Gasteiger partial charge < -0.3 is 14.6 Å². The maximum atomic E-state index is 11.5. The molecule has 0 radical (unpaired) electrons. The normalized spacial score (nSPS) is 11.3. The van der Waals surface area contributed by atoms with Crippen LogP contribution in [0.3, 0.4) is 0 Å². The number of hydrogen-bond acceptors (Lipinski definition) is 4. The van der Waals surface area contributed by atoms with Gasteiger partial charge in [0.1, 0.15) is 0 Å². The van der Waals surface area contributed by atoms with Gasteiger partial charge in [0.2, 0.25) is 0 Å². The topological polar surface area (TPSA) is 55.8 Å². The minimum Gasteiger partial charge on any atom is -0.490 e. The van der Waals surface area contributed by atoms with Crippen LogP contribution in [0.5, 0.6) is 11.5 Å². The van der Waals surface area contributed by atoms with Gasteiger partial charge in [-0.05, 0) is 49.1 Å². The lowest BCUT2D eigenvalue weighted by Gasteiger charge is -2.13. The number of hydrogen-bond donors (Lipinski definition) is 1. The summed E-state index contributed by atoms with van der Waals surface area (Å²) in [4.78, 5) is 12.2. The molecule has 0 spiro atoms. The molecule has 0 fully saturated rings. The Kier molecular flexibility index (Phi) is 6.07. The predicted molar refractivity (Wildman–Crippen MR) is 93.6 cm³/mol. The van der Waals surface area contributed by atoms with E-state index in [1.807, 2.05) is 25.3 Å². The maximum Gasteiger partial charge on any atom is 0.337 e. The molecule has 23 heavy (non-hydrogen) atoms. The van der Waals surface area contributed by atoms with E-state index in [4.69, 9.17) is 21.1 Å². The summed E-state index contributed by atoms with van der Waals surface area (Å²) in [5.74, 6) is -0.0133. The van der Waals surface area contributed by atoms with E-state index in [1.165, 1.54) is 11.3 Å². The van der Waals surface area contributed by atoms with E-state index >= 15 is 0 Å². The molecule has 1 aromatic carbocycles. The third-order valence-electron chi connectivity index (χ3n) is 2.95. The van der Waals surface area contributed by atoms with Crippen molar-refractivity contribution in [3.05, 3.63) is 45.1 Å². The Bertz CT molecular complexity index is 708. The Morgan fingerprint density at radius 1 is 1.30 bits per heavy atom. The van der Waals surface area contributed by atoms with Crippen LogP contribution in [-0.4, -0.2) is 24.3 Å². The molecule has 122 valence electrons. The fourth-order valence-electron chi connectivity index (χ4n) is 2.06. The van der Waals surface area contributed by atoms with E-state index in [0.29, 0.717) is 40.2 Å². The predicted octanol–water partition coefficient (Wildman–Crippen LogP) is 4.82. The van der Waals surface area contributed by atoms with Crippen LogP contribution in [0.15, 0.2) is 29.6 Å². The summed E-state index contributed by atoms with van der Waals surface area (Å²) >= 11 is 7.63. The molecule has 0 aliphatic heterocycles. The van der Waals surface area contributed by atoms with Crippen molar-refractivity contribution in [3.8, 4) is 11.5 Å². The molecular weight excluding hydrogens is 336 g/mol. The molecule has 1 heterocycles. The first-order chi connectivity index (χ1) is 11.1. The Labute approximate surface area is 143 Å². The maximum absolute atomic E-state index is 11.5. The number of halogens is 1. The van der Waals surface area contributed by atoms with E-state index in [-0.39, 0.29) is 5.57 Å². The van der Waals surface area contributed by atoms with Crippen molar-refractivity contribution in [1.29, 1.82) is 0 Å². The number of carbonyl (C=O) groups is 1. The van der Waals surface area contributed by atoms with Crippen LogP contribution < -0.4 is 9.47 Å². The van der Waals surface area contributed by atoms with Gasteiger partial charge in [0, 0.05) is 4.88 Å². The average Bonchev–Trinajstić information content (AvgIpc) is 3.02. The lowest BCUT2D eigenvalue weighted by atomic mass is 10.1. The summed E-state index contributed by atoms with van der Waals surface area (Å²) in [6, 6.07) is 6.99. The van der Waals surface area contributed by atoms with Crippen LogP contribution in [0.25, 0.3) is 11.6 Å². The van der Waals surface area contributed by atoms with Crippen molar-refractivity contribution < 1.29 is 19.4 Å². The smallest absolute Gasteiger partial charge is 0.337 e. The van der Waals surface area contributed by atoms with Gasteiger partial charge in [0.15, 0.2) is 11.5 Å². The number of carboxylic acids is 1. The van der Waals surface area contributed by atoms with Crippen molar-refractivity contribution >= 4 is 40.6 Å². The second kappa shape index (κ2) is 8.04. The number of benzene rings is 1. The molecule has 0 saturated heterocycles. The highest BCUT2D eigenvalue weighted by Crippen LogP contribution is 2.38. The van der Waals surface area contributed by atoms with Gasteiger partial charge in [-0.2, -0.15) is 0 Å². The van der Waals surface area contributed by atoms with Crippen LogP contribution in [0.1, 0.15) is 24.3 Å². The summed E-state index contributed by atoms with van der Waals surface area (Å²) in [5.41, 5.74) is 0.857. The largest absolute Gasteiger partial charge is 0.490 e. The number of ether oxygens (including phenoxy) is 2. The quantitative estimate of drug-likeness (QED) is 0.725. The first-order valence-corrected chi connectivity index (χ1v) is 8.40. The first-order valence-electron chi connectivity index (χ1n) is 7.14. The molecule has 0 aliphatic carbocycles. The third kappa shape index (κ3) is 4.27. The second-order valence-corrected chi connectivity index (χ2v) is 5.89. The Balaban J connectivity index is 2.50. The fraction of sp³-hybridized carbons (Fsp3) is 0.235. The molecule has 0 unspecified atom stereocenters. The first kappa shape index (κ1) is 17.4. The molecule has 0 aliphatic rings. The Morgan fingerprint density at radius 2 is 2.04 bits per heavy atom. The molecular formula is C17H17ClO4S. The van der Waals surface area contributed by atoms with E-state index in [2.05, 4.69) is 0 Å². The van der Waals surface area contributed by atoms with E-state index in [0.717, 1.165) is 0 Å². The number of aliphatic carboxylic acids is 1. The zero-order valence-corrected chi connectivity index (χ0v) is 14.4. The standard InChI is InChI=1S/C17H17ClO4S/c1-3-21-14-10-11(9-13(18)16(14)22-4-2)8-12(17(19)20)15-6-5-7-23-15/h5-10H,3-4H2,1-2H3,(H,19,20)/b12-8-. The molecule has 0 saturated carbocycles. The van der Waals surface area contributed by atoms with Crippen molar-refractivity contribution in [2.45, 2.75) is 13.8 Å². The van der Waals surface area contributed by atoms with Gasteiger partial charge >= 0.3 is 5.97 Å². The zero-order valence-electron chi connectivity index (χ0n) is 12.8. The van der Waals surface area contributed by atoms with Crippen molar-refractivity contribution in [3.63, 3.8) is 0 Å². The number of carboxylic acid groups (broad SMARTS) is 1. The molecule has 6 heteroatoms. The van der Waals surface area contributed by atoms with Crippen molar-refractivity contribution in [2.24, 2.45) is 0 Å². The van der Waals surface area contributed by atoms with Crippen LogP contribution in [-0.2, 0) is 4.79 Å². The van der Waals surface area contributed by atoms with Gasteiger partial charge in [0.05, 0.1) is 23.8 Å². The summed E-state index contributed by atoms with van der Waals surface area (Å²) in [6.07, 6.45) is 1.58. The van der Waals surface area contributed by atoms with Crippen LogP contribution in [0.2, 0.25) is 5.02 Å². The highest BCUT2D eigenvalue weighted by molar-refractivity contribution is 7.11. The molecule has 0 bridgehead atoms. The summed E-state index contributed by atoms with van der Waals surface area (Å²) < 4.78 is 11.1. The minimum absolute atomic E-state index is 0.211. The Hall–Kier alpha value is -1.98. The Morgan fingerprint density at radius 3 is 2.61 bits per heavy atom. The highest BCUT2D eigenvalue weighted by Gasteiger charge is 2.15. The van der Waals surface area contributed by atoms with Gasteiger partial charge in [-0.15, -0.1) is 11.3 Å². The van der Waals surface area contributed by atoms with Gasteiger partial charge in [-0.3, -0.25) is 0 Å². The van der Waals surface area contributed by atoms with E-state index < -0.39 is 5.97 Å². The SMILES string of the molecule is CCOc1cc(/C=C(\C(=O)O)c2cccs2)cc(Cl)c1OCC. The third-order valence-corrected chi connectivity index (χ3v) is 4.13. The summed E-state index contributed by atoms with van der Waals surface area (Å²) in [6.45, 7) is 4.64. The summed E-state index contributed by atoms with van der Waals surface area (Å²) in [7, 11) is 0. The average molecular weight is 353 g/mol. The van der Waals surface area contributed by atoms with Crippen molar-refractivity contribution in [1.82, 2.24) is 0 Å². The lowest BCUT2D eigenvalue weighted by Crippen LogP contribution is -2.00. The van der Waals surface area contributed by atoms with Gasteiger partial charge in [0.25, 0.3) is 0 Å². The molecule has 2 rings (SSSR count). The number of rotatable bonds is 7. The van der Waals surface area contributed by atoms with Gasteiger partial charge in [-0.1, -0.05) is 17.7 Å². The fourth-order valence-corrected chi connectivity index (χ4v) is 3.06. The van der Waals surface area contributed by atoms with E-state index in [9.17, 15) is 9.90 Å². The summed E-state index contributed by atoms with van der Waals surface area (Å²) in [5, 5.41) is 11.7. The van der Waals surface area contributed by atoms with Crippen molar-refractivity contribution in [2.75, 3.05) is 13.2 Å². The minimum atomic E-state index is -0.990. The second-order valence-electron chi connectivity index (χ2n) is 4.54. The molecule has 2 aromatic rings. The molecule has 0 amide bonds. The van der Waals surface area contributed by atoms with Crippen LogP contribution in [0, 0.1) is 0 Å². The molecule has 1 N–H and O–H groups in total. The zero-order chi connectivity index (χ0) is 16.8. The molecule has 4 nitrogen and oxygen atoms in total. The lowest BCUT2D eigenvalue weighted by molar-refractivity contribution is -0.130. The van der Waals surface area contributed by atoms with Crippen LogP contribution in [0.4, 0.5) is 0 Å². The van der Waals surface area contributed by atoms with Crippen LogP contribution >= 0.6 is 22.9 Å².